The molecule has 0 bridgehead atoms. The van der Waals surface area contributed by atoms with E-state index in [1.807, 2.05) is 24.3 Å². The van der Waals surface area contributed by atoms with Crippen molar-refractivity contribution in [1.82, 2.24) is 4.98 Å². The first-order chi connectivity index (χ1) is 14.2. The molecule has 3 N–H and O–H groups in total. The maximum atomic E-state index is 12.4. The predicted molar refractivity (Wildman–Crippen MR) is 111 cm³/mol. The van der Waals surface area contributed by atoms with Crippen LogP contribution in [0.2, 0.25) is 0 Å². The van der Waals surface area contributed by atoms with E-state index in [2.05, 4.69) is 23.5 Å². The molecule has 3 aromatic rings. The van der Waals surface area contributed by atoms with Crippen LogP contribution in [0.4, 0.5) is 5.69 Å². The molecule has 0 atom stereocenters. The van der Waals surface area contributed by atoms with E-state index in [-0.39, 0.29) is 12.7 Å². The van der Waals surface area contributed by atoms with Gasteiger partial charge in [0.2, 0.25) is 6.79 Å². The Morgan fingerprint density at radius 2 is 1.83 bits per heavy atom. The van der Waals surface area contributed by atoms with Gasteiger partial charge >= 0.3 is 0 Å². The highest BCUT2D eigenvalue weighted by molar-refractivity contribution is 7.18. The number of para-hydroxylation sites is 1. The standard InChI is InChI=1S/C21H22N4O3S/c26-20(22-15-5-6-17-18(11-15)28-14-27-17)12-24-7-9-25(10-8-24)13-21-23-16-3-1-2-4-19(16)29-21/h1-6,11H,7-10,12-14H2,(H,22,26)/p+2. The number of nitrogens with zero attached hydrogens (tertiary/aromatic N) is 1. The molecule has 7 nitrogen and oxygen atoms in total. The molecule has 0 spiro atoms. The fraction of sp³-hybridized carbons (Fsp3) is 0.333. The van der Waals surface area contributed by atoms with Crippen LogP contribution < -0.4 is 24.6 Å². The average Bonchev–Trinajstić information content (AvgIpc) is 3.35. The molecule has 0 radical (unpaired) electrons. The molecule has 1 saturated heterocycles. The summed E-state index contributed by atoms with van der Waals surface area (Å²) < 4.78 is 11.9. The number of aromatic nitrogens is 1. The number of amides is 1. The number of carbonyl (C=O) groups is 1. The smallest absolute Gasteiger partial charge is 0.279 e. The summed E-state index contributed by atoms with van der Waals surface area (Å²) in [5, 5.41) is 4.17. The lowest BCUT2D eigenvalue weighted by Crippen LogP contribution is -3.28. The second-order valence-electron chi connectivity index (χ2n) is 7.55. The minimum atomic E-state index is 0.0356. The first kappa shape index (κ1) is 18.4. The number of carbonyl (C=O) groups excluding carboxylic acids is 1. The molecule has 1 aromatic heterocycles. The molecule has 5 rings (SSSR count). The molecular weight excluding hydrogens is 388 g/mol. The molecule has 1 amide bonds. The number of quaternary nitrogens is 2. The molecule has 2 aliphatic heterocycles. The number of hydrogen-bond acceptors (Lipinski definition) is 5. The van der Waals surface area contributed by atoms with Crippen molar-refractivity contribution in [2.75, 3.05) is 44.8 Å². The van der Waals surface area contributed by atoms with E-state index in [0.717, 1.165) is 49.7 Å². The first-order valence-corrected chi connectivity index (χ1v) is 10.8. The van der Waals surface area contributed by atoms with Crippen LogP contribution >= 0.6 is 11.3 Å². The number of fused-ring (bicyclic) bond motifs is 2. The van der Waals surface area contributed by atoms with Crippen molar-refractivity contribution >= 4 is 33.1 Å². The minimum Gasteiger partial charge on any atom is -0.454 e. The van der Waals surface area contributed by atoms with Gasteiger partial charge in [0.05, 0.1) is 10.2 Å². The van der Waals surface area contributed by atoms with Gasteiger partial charge in [-0.2, -0.15) is 0 Å². The molecule has 0 unspecified atom stereocenters. The van der Waals surface area contributed by atoms with E-state index in [9.17, 15) is 4.79 Å². The first-order valence-electron chi connectivity index (χ1n) is 9.94. The van der Waals surface area contributed by atoms with Gasteiger partial charge in [-0.05, 0) is 24.3 Å². The Bertz CT molecular complexity index is 997. The largest absolute Gasteiger partial charge is 0.454 e. The van der Waals surface area contributed by atoms with Crippen molar-refractivity contribution < 1.29 is 24.1 Å². The van der Waals surface area contributed by atoms with Crippen molar-refractivity contribution in [3.05, 3.63) is 47.5 Å². The maximum Gasteiger partial charge on any atom is 0.279 e. The highest BCUT2D eigenvalue weighted by Gasteiger charge is 2.26. The Kier molecular flexibility index (Phi) is 5.05. The van der Waals surface area contributed by atoms with Crippen LogP contribution in [0.25, 0.3) is 10.2 Å². The van der Waals surface area contributed by atoms with Crippen molar-refractivity contribution in [2.24, 2.45) is 0 Å². The van der Waals surface area contributed by atoms with Crippen LogP contribution in [0, 0.1) is 0 Å². The zero-order chi connectivity index (χ0) is 19.6. The molecule has 3 heterocycles. The van der Waals surface area contributed by atoms with Crippen molar-refractivity contribution in [1.29, 1.82) is 0 Å². The van der Waals surface area contributed by atoms with E-state index in [4.69, 9.17) is 14.5 Å². The van der Waals surface area contributed by atoms with Crippen LogP contribution in [0.3, 0.4) is 0 Å². The number of rotatable bonds is 5. The summed E-state index contributed by atoms with van der Waals surface area (Å²) in [7, 11) is 0. The van der Waals surface area contributed by atoms with Crippen molar-refractivity contribution in [3.8, 4) is 11.5 Å². The molecule has 8 heteroatoms. The van der Waals surface area contributed by atoms with Crippen LogP contribution in [-0.2, 0) is 11.3 Å². The van der Waals surface area contributed by atoms with Crippen LogP contribution in [-0.4, -0.2) is 50.4 Å². The summed E-state index contributed by atoms with van der Waals surface area (Å²) in [5.41, 5.74) is 1.84. The summed E-state index contributed by atoms with van der Waals surface area (Å²) in [6.45, 7) is 5.80. The minimum absolute atomic E-state index is 0.0356. The van der Waals surface area contributed by atoms with Gasteiger partial charge < -0.3 is 24.6 Å². The quantitative estimate of drug-likeness (QED) is 0.550. The molecule has 2 aliphatic rings. The third-order valence-electron chi connectivity index (χ3n) is 5.47. The number of thiazole rings is 1. The molecule has 150 valence electrons. The number of anilines is 1. The average molecular weight is 413 g/mol. The Labute approximate surface area is 172 Å². The lowest BCUT2D eigenvalue weighted by Gasteiger charge is -2.28. The number of piperazine rings is 1. The van der Waals surface area contributed by atoms with Gasteiger partial charge in [0.1, 0.15) is 37.7 Å². The van der Waals surface area contributed by atoms with Gasteiger partial charge in [-0.3, -0.25) is 4.79 Å². The van der Waals surface area contributed by atoms with Gasteiger partial charge in [0, 0.05) is 11.8 Å². The highest BCUT2D eigenvalue weighted by Crippen LogP contribution is 2.34. The molecule has 1 fully saturated rings. The monoisotopic (exact) mass is 412 g/mol. The predicted octanol–water partition coefficient (Wildman–Crippen LogP) is -0.0529. The number of benzene rings is 2. The van der Waals surface area contributed by atoms with Gasteiger partial charge in [-0.25, -0.2) is 4.98 Å². The molecular formula is C21H24N4O3S+2. The zero-order valence-corrected chi connectivity index (χ0v) is 16.9. The maximum absolute atomic E-state index is 12.4. The van der Waals surface area contributed by atoms with Gasteiger partial charge in [0.15, 0.2) is 18.0 Å². The van der Waals surface area contributed by atoms with E-state index in [0.29, 0.717) is 12.3 Å². The Morgan fingerprint density at radius 1 is 1.03 bits per heavy atom. The summed E-state index contributed by atoms with van der Waals surface area (Å²) in [4.78, 5) is 20.1. The van der Waals surface area contributed by atoms with E-state index >= 15 is 0 Å². The van der Waals surface area contributed by atoms with E-state index in [1.165, 1.54) is 14.6 Å². The van der Waals surface area contributed by atoms with E-state index < -0.39 is 0 Å². The second-order valence-corrected chi connectivity index (χ2v) is 8.66. The molecule has 2 aromatic carbocycles. The Balaban J connectivity index is 1.10. The Morgan fingerprint density at radius 3 is 2.69 bits per heavy atom. The summed E-state index contributed by atoms with van der Waals surface area (Å²) in [5.74, 6) is 1.44. The Hall–Kier alpha value is -2.68. The number of nitrogens with one attached hydrogen (secondary N) is 3. The lowest BCUT2D eigenvalue weighted by atomic mass is 10.2. The van der Waals surface area contributed by atoms with Crippen LogP contribution in [0.5, 0.6) is 11.5 Å². The lowest BCUT2D eigenvalue weighted by molar-refractivity contribution is -1.01. The summed E-state index contributed by atoms with van der Waals surface area (Å²) in [6.07, 6.45) is 0. The van der Waals surface area contributed by atoms with Gasteiger partial charge in [-0.15, -0.1) is 11.3 Å². The SMILES string of the molecule is O=C(C[NH+]1CC[NH+](Cc2nc3ccccc3s2)CC1)Nc1ccc2c(c1)OCO2. The van der Waals surface area contributed by atoms with Crippen LogP contribution in [0.15, 0.2) is 42.5 Å². The third kappa shape index (κ3) is 4.19. The summed E-state index contributed by atoms with van der Waals surface area (Å²) >= 11 is 1.79. The van der Waals surface area contributed by atoms with Crippen molar-refractivity contribution in [3.63, 3.8) is 0 Å². The number of ether oxygens (including phenoxy) is 2. The fourth-order valence-electron chi connectivity index (χ4n) is 3.93. The van der Waals surface area contributed by atoms with Gasteiger partial charge in [0.25, 0.3) is 5.91 Å². The van der Waals surface area contributed by atoms with Gasteiger partial charge in [-0.1, -0.05) is 12.1 Å². The summed E-state index contributed by atoms with van der Waals surface area (Å²) in [6, 6.07) is 13.8. The molecule has 0 aliphatic carbocycles. The zero-order valence-electron chi connectivity index (χ0n) is 16.1. The third-order valence-corrected chi connectivity index (χ3v) is 6.51. The molecule has 0 saturated carbocycles. The normalized spacial score (nSPS) is 20.7. The van der Waals surface area contributed by atoms with Crippen LogP contribution in [0.1, 0.15) is 5.01 Å². The fourth-order valence-corrected chi connectivity index (χ4v) is 4.97. The molecule has 29 heavy (non-hydrogen) atoms. The van der Waals surface area contributed by atoms with E-state index in [1.54, 1.807) is 16.2 Å². The number of hydrogen-bond donors (Lipinski definition) is 3. The van der Waals surface area contributed by atoms with Crippen molar-refractivity contribution in [2.45, 2.75) is 6.54 Å². The second kappa shape index (κ2) is 7.98. The topological polar surface area (TPSA) is 69.3 Å². The highest BCUT2D eigenvalue weighted by atomic mass is 32.1.